The molecule has 0 radical (unpaired) electrons. The zero-order valence-corrected chi connectivity index (χ0v) is 15.6. The average molecular weight is 372 g/mol. The highest BCUT2D eigenvalue weighted by Crippen LogP contribution is 2.41. The maximum Gasteiger partial charge on any atom is 0.210 e. The Kier molecular flexibility index (Phi) is 5.11. The van der Waals surface area contributed by atoms with Crippen molar-refractivity contribution < 1.29 is 18.9 Å². The van der Waals surface area contributed by atoms with E-state index < -0.39 is 6.29 Å². The van der Waals surface area contributed by atoms with E-state index in [1.165, 1.54) is 0 Å². The standard InChI is InChI=1S/C19H24N4O4/c1-3-25-16-15(19-26-12(2)27-19)21-17(13-5-4-6-14(20)11-13)22-18(16)23-7-9-24-10-8-23/h4-6,11-12,19H,3,7-10,20H2,1-2H3. The first-order valence-electron chi connectivity index (χ1n) is 9.20. The number of anilines is 2. The second kappa shape index (κ2) is 7.67. The highest BCUT2D eigenvalue weighted by Gasteiger charge is 2.35. The van der Waals surface area contributed by atoms with Gasteiger partial charge >= 0.3 is 0 Å². The Hall–Kier alpha value is -2.42. The Bertz CT molecular complexity index is 804. The topological polar surface area (TPSA) is 92.0 Å². The van der Waals surface area contributed by atoms with Gasteiger partial charge in [-0.1, -0.05) is 12.1 Å². The molecule has 2 N–H and O–H groups in total. The van der Waals surface area contributed by atoms with Gasteiger partial charge in [0.05, 0.1) is 19.8 Å². The molecular weight excluding hydrogens is 348 g/mol. The molecule has 27 heavy (non-hydrogen) atoms. The van der Waals surface area contributed by atoms with Crippen LogP contribution in [0.1, 0.15) is 25.8 Å². The summed E-state index contributed by atoms with van der Waals surface area (Å²) in [6, 6.07) is 7.51. The molecule has 0 aliphatic carbocycles. The highest BCUT2D eigenvalue weighted by atomic mass is 16.9. The lowest BCUT2D eigenvalue weighted by Crippen LogP contribution is -2.38. The Morgan fingerprint density at radius 3 is 2.67 bits per heavy atom. The summed E-state index contributed by atoms with van der Waals surface area (Å²) >= 11 is 0. The summed E-state index contributed by atoms with van der Waals surface area (Å²) in [4.78, 5) is 11.7. The Morgan fingerprint density at radius 1 is 1.22 bits per heavy atom. The predicted octanol–water partition coefficient (Wildman–Crippen LogP) is 2.35. The van der Waals surface area contributed by atoms with Crippen LogP contribution in [0.4, 0.5) is 11.5 Å². The number of rotatable bonds is 5. The number of morpholine rings is 1. The summed E-state index contributed by atoms with van der Waals surface area (Å²) in [5.74, 6) is 1.90. The minimum atomic E-state index is -0.566. The van der Waals surface area contributed by atoms with E-state index in [2.05, 4.69) is 4.90 Å². The molecule has 0 unspecified atom stereocenters. The van der Waals surface area contributed by atoms with Crippen molar-refractivity contribution in [3.8, 4) is 17.1 Å². The Labute approximate surface area is 158 Å². The second-order valence-corrected chi connectivity index (χ2v) is 6.41. The maximum absolute atomic E-state index is 5.95. The molecule has 144 valence electrons. The van der Waals surface area contributed by atoms with Gasteiger partial charge in [-0.15, -0.1) is 0 Å². The molecule has 0 spiro atoms. The molecule has 2 fully saturated rings. The largest absolute Gasteiger partial charge is 0.488 e. The zero-order valence-electron chi connectivity index (χ0n) is 15.6. The summed E-state index contributed by atoms with van der Waals surface area (Å²) in [5, 5.41) is 0. The van der Waals surface area contributed by atoms with Gasteiger partial charge in [-0.25, -0.2) is 9.97 Å². The molecule has 0 amide bonds. The smallest absolute Gasteiger partial charge is 0.210 e. The highest BCUT2D eigenvalue weighted by molar-refractivity contribution is 5.66. The predicted molar refractivity (Wildman–Crippen MR) is 100 cm³/mol. The molecule has 0 saturated carbocycles. The summed E-state index contributed by atoms with van der Waals surface area (Å²) < 4.78 is 22.8. The van der Waals surface area contributed by atoms with Gasteiger partial charge in [0.15, 0.2) is 23.7 Å². The van der Waals surface area contributed by atoms with Crippen molar-refractivity contribution in [2.75, 3.05) is 43.5 Å². The average Bonchev–Trinajstić information content (AvgIpc) is 2.66. The van der Waals surface area contributed by atoms with E-state index in [9.17, 15) is 0 Å². The van der Waals surface area contributed by atoms with Crippen LogP contribution >= 0.6 is 0 Å². The van der Waals surface area contributed by atoms with Crippen LogP contribution in [0.5, 0.6) is 5.75 Å². The van der Waals surface area contributed by atoms with Crippen LogP contribution in [0.2, 0.25) is 0 Å². The van der Waals surface area contributed by atoms with E-state index in [1.54, 1.807) is 0 Å². The molecule has 0 bridgehead atoms. The molecule has 2 aliphatic rings. The first-order valence-corrected chi connectivity index (χ1v) is 9.20. The van der Waals surface area contributed by atoms with Gasteiger partial charge in [-0.3, -0.25) is 0 Å². The van der Waals surface area contributed by atoms with E-state index in [0.29, 0.717) is 42.8 Å². The zero-order chi connectivity index (χ0) is 18.8. The number of hydrogen-bond donors (Lipinski definition) is 1. The Balaban J connectivity index is 1.83. The molecule has 3 heterocycles. The number of nitrogens with two attached hydrogens (primary N) is 1. The SMILES string of the molecule is CCOc1c(C2OC(C)O2)nc(-c2cccc(N)c2)nc1N1CCOCC1. The van der Waals surface area contributed by atoms with Gasteiger partial charge in [0, 0.05) is 24.3 Å². The number of aromatic nitrogens is 2. The van der Waals surface area contributed by atoms with E-state index in [4.69, 9.17) is 34.6 Å². The third-order valence-corrected chi connectivity index (χ3v) is 4.47. The third-order valence-electron chi connectivity index (χ3n) is 4.47. The first kappa shape index (κ1) is 18.0. The van der Waals surface area contributed by atoms with Crippen LogP contribution < -0.4 is 15.4 Å². The summed E-state index contributed by atoms with van der Waals surface area (Å²) in [6.07, 6.45) is -0.828. The number of nitrogen functional groups attached to an aromatic ring is 1. The molecule has 2 aromatic rings. The van der Waals surface area contributed by atoms with Crippen molar-refractivity contribution in [1.29, 1.82) is 0 Å². The van der Waals surface area contributed by atoms with Crippen LogP contribution in [-0.4, -0.2) is 49.2 Å². The fourth-order valence-electron chi connectivity index (χ4n) is 3.18. The summed E-state index contributed by atoms with van der Waals surface area (Å²) in [7, 11) is 0. The number of ether oxygens (including phenoxy) is 4. The molecular formula is C19H24N4O4. The molecule has 1 aromatic heterocycles. The summed E-state index contributed by atoms with van der Waals surface area (Å²) in [5.41, 5.74) is 8.04. The van der Waals surface area contributed by atoms with Crippen molar-refractivity contribution in [2.45, 2.75) is 26.4 Å². The van der Waals surface area contributed by atoms with Crippen LogP contribution in [0, 0.1) is 0 Å². The van der Waals surface area contributed by atoms with Crippen LogP contribution in [-0.2, 0) is 14.2 Å². The quantitative estimate of drug-likeness (QED) is 0.800. The van der Waals surface area contributed by atoms with Crippen molar-refractivity contribution in [3.05, 3.63) is 30.0 Å². The van der Waals surface area contributed by atoms with Crippen molar-refractivity contribution in [2.24, 2.45) is 0 Å². The number of nitrogens with zero attached hydrogens (tertiary/aromatic N) is 3. The number of hydrogen-bond acceptors (Lipinski definition) is 8. The normalized spacial score (nSPS) is 22.4. The maximum atomic E-state index is 5.95. The number of benzene rings is 1. The molecule has 4 rings (SSSR count). The molecule has 8 heteroatoms. The molecule has 2 aliphatic heterocycles. The monoisotopic (exact) mass is 372 g/mol. The minimum absolute atomic E-state index is 0.262. The van der Waals surface area contributed by atoms with E-state index in [1.807, 2.05) is 38.1 Å². The van der Waals surface area contributed by atoms with Gasteiger partial charge in [0.25, 0.3) is 0 Å². The fourth-order valence-corrected chi connectivity index (χ4v) is 3.18. The minimum Gasteiger partial charge on any atom is -0.488 e. The van der Waals surface area contributed by atoms with E-state index in [0.717, 1.165) is 24.5 Å². The molecule has 8 nitrogen and oxygen atoms in total. The lowest BCUT2D eigenvalue weighted by Gasteiger charge is -2.35. The fraction of sp³-hybridized carbons (Fsp3) is 0.474. The van der Waals surface area contributed by atoms with Crippen LogP contribution in [0.3, 0.4) is 0 Å². The van der Waals surface area contributed by atoms with Crippen LogP contribution in [0.15, 0.2) is 24.3 Å². The van der Waals surface area contributed by atoms with Crippen molar-refractivity contribution in [1.82, 2.24) is 9.97 Å². The van der Waals surface area contributed by atoms with Gasteiger partial charge in [0.2, 0.25) is 6.29 Å². The third kappa shape index (κ3) is 3.69. The van der Waals surface area contributed by atoms with Crippen molar-refractivity contribution >= 4 is 11.5 Å². The van der Waals surface area contributed by atoms with E-state index in [-0.39, 0.29) is 6.29 Å². The Morgan fingerprint density at radius 2 is 2.00 bits per heavy atom. The first-order chi connectivity index (χ1) is 13.2. The lowest BCUT2D eigenvalue weighted by atomic mass is 10.1. The lowest BCUT2D eigenvalue weighted by molar-refractivity contribution is -0.384. The summed E-state index contributed by atoms with van der Waals surface area (Å²) in [6.45, 7) is 7.03. The van der Waals surface area contributed by atoms with Gasteiger partial charge in [-0.05, 0) is 26.0 Å². The molecule has 1 aromatic carbocycles. The molecule has 0 atom stereocenters. The van der Waals surface area contributed by atoms with Crippen molar-refractivity contribution in [3.63, 3.8) is 0 Å². The van der Waals surface area contributed by atoms with Gasteiger partial charge < -0.3 is 29.6 Å². The second-order valence-electron chi connectivity index (χ2n) is 6.41. The van der Waals surface area contributed by atoms with Gasteiger partial charge in [0.1, 0.15) is 5.69 Å². The molecule has 2 saturated heterocycles. The van der Waals surface area contributed by atoms with E-state index >= 15 is 0 Å². The van der Waals surface area contributed by atoms with Crippen LogP contribution in [0.25, 0.3) is 11.4 Å². The van der Waals surface area contributed by atoms with Gasteiger partial charge in [-0.2, -0.15) is 0 Å².